The number of morpholine rings is 1. The first kappa shape index (κ1) is 21.6. The number of nitrogens with zero attached hydrogens (tertiary/aromatic N) is 2. The Hall–Kier alpha value is -2.13. The van der Waals surface area contributed by atoms with E-state index in [1.165, 1.54) is 36.7 Å². The van der Waals surface area contributed by atoms with Gasteiger partial charge in [-0.25, -0.2) is 8.42 Å². The van der Waals surface area contributed by atoms with Crippen LogP contribution in [0, 0.1) is 0 Å². The quantitative estimate of drug-likeness (QED) is 0.693. The highest BCUT2D eigenvalue weighted by molar-refractivity contribution is 7.89. The standard InChI is InChI=1S/C20H23ClN2O5S/c1-22(14-15-4-3-5-16(21)12-15)29(25,26)17-6-7-19(27-2)18(13-17)20(24)23-8-10-28-11-9-23/h3-7,12-13H,8-11,14H2,1-2H3. The highest BCUT2D eigenvalue weighted by atomic mass is 35.5. The van der Waals surface area contributed by atoms with E-state index in [0.717, 1.165) is 5.56 Å². The number of carbonyl (C=O) groups excluding carboxylic acids is 1. The Kier molecular flexibility index (Phi) is 6.79. The molecular formula is C20H23ClN2O5S. The van der Waals surface area contributed by atoms with E-state index in [1.807, 2.05) is 0 Å². The summed E-state index contributed by atoms with van der Waals surface area (Å²) in [6, 6.07) is 11.3. The Balaban J connectivity index is 1.89. The average molecular weight is 439 g/mol. The van der Waals surface area contributed by atoms with Crippen LogP contribution in [0.3, 0.4) is 0 Å². The third-order valence-corrected chi connectivity index (χ3v) is 6.74. The molecule has 1 saturated heterocycles. The number of carbonyl (C=O) groups is 1. The van der Waals surface area contributed by atoms with Crippen LogP contribution in [0.25, 0.3) is 0 Å². The summed E-state index contributed by atoms with van der Waals surface area (Å²) in [5.74, 6) is 0.0534. The van der Waals surface area contributed by atoms with E-state index < -0.39 is 10.0 Å². The maximum absolute atomic E-state index is 13.1. The molecule has 0 bridgehead atoms. The van der Waals surface area contributed by atoms with Crippen LogP contribution in [0.15, 0.2) is 47.4 Å². The van der Waals surface area contributed by atoms with Gasteiger partial charge in [0.05, 0.1) is 30.8 Å². The topological polar surface area (TPSA) is 76.2 Å². The van der Waals surface area contributed by atoms with Crippen molar-refractivity contribution in [2.75, 3.05) is 40.5 Å². The monoisotopic (exact) mass is 438 g/mol. The van der Waals surface area contributed by atoms with Crippen LogP contribution in [-0.2, 0) is 21.3 Å². The van der Waals surface area contributed by atoms with Crippen molar-refractivity contribution >= 4 is 27.5 Å². The van der Waals surface area contributed by atoms with Gasteiger partial charge >= 0.3 is 0 Å². The molecule has 0 saturated carbocycles. The highest BCUT2D eigenvalue weighted by Gasteiger charge is 2.27. The number of rotatable bonds is 6. The van der Waals surface area contributed by atoms with E-state index in [1.54, 1.807) is 29.2 Å². The van der Waals surface area contributed by atoms with Gasteiger partial charge in [-0.3, -0.25) is 4.79 Å². The fourth-order valence-corrected chi connectivity index (χ4v) is 4.51. The molecule has 29 heavy (non-hydrogen) atoms. The molecule has 2 aromatic carbocycles. The average Bonchev–Trinajstić information content (AvgIpc) is 2.73. The lowest BCUT2D eigenvalue weighted by atomic mass is 10.1. The number of hydrogen-bond donors (Lipinski definition) is 0. The lowest BCUT2D eigenvalue weighted by Gasteiger charge is -2.27. The Morgan fingerprint density at radius 3 is 2.59 bits per heavy atom. The molecule has 1 aliphatic rings. The molecule has 2 aromatic rings. The second kappa shape index (κ2) is 9.13. The van der Waals surface area contributed by atoms with Gasteiger partial charge in [0, 0.05) is 31.7 Å². The van der Waals surface area contributed by atoms with E-state index in [2.05, 4.69) is 0 Å². The predicted molar refractivity (Wildman–Crippen MR) is 110 cm³/mol. The van der Waals surface area contributed by atoms with Gasteiger partial charge in [-0.1, -0.05) is 23.7 Å². The molecule has 0 atom stereocenters. The molecule has 0 aromatic heterocycles. The zero-order valence-corrected chi connectivity index (χ0v) is 17.9. The minimum Gasteiger partial charge on any atom is -0.496 e. The normalized spacial score (nSPS) is 14.8. The van der Waals surface area contributed by atoms with Crippen LogP contribution in [0.4, 0.5) is 0 Å². The van der Waals surface area contributed by atoms with E-state index >= 15 is 0 Å². The van der Waals surface area contributed by atoms with E-state index in [9.17, 15) is 13.2 Å². The Morgan fingerprint density at radius 2 is 1.93 bits per heavy atom. The van der Waals surface area contributed by atoms with Crippen LogP contribution >= 0.6 is 11.6 Å². The van der Waals surface area contributed by atoms with Crippen molar-refractivity contribution in [1.29, 1.82) is 0 Å². The van der Waals surface area contributed by atoms with Crippen molar-refractivity contribution in [1.82, 2.24) is 9.21 Å². The van der Waals surface area contributed by atoms with Gasteiger partial charge in [-0.2, -0.15) is 4.31 Å². The van der Waals surface area contributed by atoms with Crippen LogP contribution < -0.4 is 4.74 Å². The van der Waals surface area contributed by atoms with E-state index in [-0.39, 0.29) is 22.9 Å². The number of benzene rings is 2. The SMILES string of the molecule is COc1ccc(S(=O)(=O)N(C)Cc2cccc(Cl)c2)cc1C(=O)N1CCOCC1. The van der Waals surface area contributed by atoms with Crippen molar-refractivity contribution in [3.05, 3.63) is 58.6 Å². The summed E-state index contributed by atoms with van der Waals surface area (Å²) in [6.07, 6.45) is 0. The van der Waals surface area contributed by atoms with Crippen LogP contribution in [-0.4, -0.2) is 64.0 Å². The third-order valence-electron chi connectivity index (χ3n) is 4.70. The maximum atomic E-state index is 13.1. The molecular weight excluding hydrogens is 416 g/mol. The fourth-order valence-electron chi connectivity index (χ4n) is 3.11. The zero-order chi connectivity index (χ0) is 21.0. The number of sulfonamides is 1. The number of methoxy groups -OCH3 is 1. The first-order valence-corrected chi connectivity index (χ1v) is 10.9. The molecule has 7 nitrogen and oxygen atoms in total. The maximum Gasteiger partial charge on any atom is 0.257 e. The summed E-state index contributed by atoms with van der Waals surface area (Å²) in [5, 5.41) is 0.538. The number of ether oxygens (including phenoxy) is 2. The summed E-state index contributed by atoms with van der Waals surface area (Å²) >= 11 is 5.99. The summed E-state index contributed by atoms with van der Waals surface area (Å²) in [6.45, 7) is 1.96. The van der Waals surface area contributed by atoms with Gasteiger partial charge in [0.2, 0.25) is 10.0 Å². The molecule has 3 rings (SSSR count). The second-order valence-electron chi connectivity index (χ2n) is 6.66. The Morgan fingerprint density at radius 1 is 1.21 bits per heavy atom. The van der Waals surface area contributed by atoms with Crippen molar-refractivity contribution in [2.45, 2.75) is 11.4 Å². The van der Waals surface area contributed by atoms with Gasteiger partial charge in [0.25, 0.3) is 5.91 Å². The van der Waals surface area contributed by atoms with Crippen LogP contribution in [0.5, 0.6) is 5.75 Å². The molecule has 156 valence electrons. The Labute approximate surface area is 175 Å². The van der Waals surface area contributed by atoms with Crippen LogP contribution in [0.2, 0.25) is 5.02 Å². The molecule has 1 heterocycles. The van der Waals surface area contributed by atoms with Gasteiger partial charge in [-0.15, -0.1) is 0 Å². The van der Waals surface area contributed by atoms with Crippen molar-refractivity contribution in [3.63, 3.8) is 0 Å². The molecule has 0 aliphatic carbocycles. The summed E-state index contributed by atoms with van der Waals surface area (Å²) in [4.78, 5) is 14.6. The molecule has 0 radical (unpaired) electrons. The number of hydrogen-bond acceptors (Lipinski definition) is 5. The van der Waals surface area contributed by atoms with E-state index in [0.29, 0.717) is 37.1 Å². The Bertz CT molecular complexity index is 990. The summed E-state index contributed by atoms with van der Waals surface area (Å²) < 4.78 is 38.0. The minimum atomic E-state index is -3.82. The molecule has 0 N–H and O–H groups in total. The first-order valence-electron chi connectivity index (χ1n) is 9.09. The minimum absolute atomic E-state index is 0.0273. The van der Waals surface area contributed by atoms with Crippen molar-refractivity contribution in [2.24, 2.45) is 0 Å². The molecule has 1 aliphatic heterocycles. The number of amides is 1. The van der Waals surface area contributed by atoms with Gasteiger partial charge < -0.3 is 14.4 Å². The second-order valence-corrected chi connectivity index (χ2v) is 9.14. The molecule has 0 unspecified atom stereocenters. The molecule has 9 heteroatoms. The molecule has 1 fully saturated rings. The third kappa shape index (κ3) is 4.90. The first-order chi connectivity index (χ1) is 13.8. The summed E-state index contributed by atoms with van der Waals surface area (Å²) in [5.41, 5.74) is 0.980. The lowest BCUT2D eigenvalue weighted by molar-refractivity contribution is 0.0300. The van der Waals surface area contributed by atoms with Crippen molar-refractivity contribution in [3.8, 4) is 5.75 Å². The highest BCUT2D eigenvalue weighted by Crippen LogP contribution is 2.26. The fraction of sp³-hybridized carbons (Fsp3) is 0.350. The lowest BCUT2D eigenvalue weighted by Crippen LogP contribution is -2.40. The van der Waals surface area contributed by atoms with Crippen molar-refractivity contribution < 1.29 is 22.7 Å². The zero-order valence-electron chi connectivity index (χ0n) is 16.3. The van der Waals surface area contributed by atoms with Crippen LogP contribution in [0.1, 0.15) is 15.9 Å². The largest absolute Gasteiger partial charge is 0.496 e. The van der Waals surface area contributed by atoms with Gasteiger partial charge in [-0.05, 0) is 35.9 Å². The number of halogens is 1. The smallest absolute Gasteiger partial charge is 0.257 e. The molecule has 0 spiro atoms. The van der Waals surface area contributed by atoms with Gasteiger partial charge in [0.15, 0.2) is 0 Å². The predicted octanol–water partition coefficient (Wildman–Crippen LogP) is 2.64. The molecule has 1 amide bonds. The summed E-state index contributed by atoms with van der Waals surface area (Å²) in [7, 11) is -0.883. The van der Waals surface area contributed by atoms with Gasteiger partial charge in [0.1, 0.15) is 5.75 Å². The van der Waals surface area contributed by atoms with E-state index in [4.69, 9.17) is 21.1 Å².